The van der Waals surface area contributed by atoms with Crippen molar-refractivity contribution in [3.63, 3.8) is 0 Å². The van der Waals surface area contributed by atoms with Gasteiger partial charge in [0.25, 0.3) is 0 Å². The Morgan fingerprint density at radius 2 is 0.957 bits per heavy atom. The third-order valence-corrected chi connectivity index (χ3v) is 8.92. The van der Waals surface area contributed by atoms with Crippen LogP contribution in [0.3, 0.4) is 0 Å². The maximum absolute atomic E-state index is 5.15. The van der Waals surface area contributed by atoms with Crippen LogP contribution in [0.15, 0.2) is 164 Å². The number of benzene rings is 7. The summed E-state index contributed by atoms with van der Waals surface area (Å²) in [6, 6.07) is 55.4. The van der Waals surface area contributed by atoms with E-state index < -0.39 is 0 Å². The van der Waals surface area contributed by atoms with Gasteiger partial charge in [-0.15, -0.1) is 0 Å². The van der Waals surface area contributed by atoms with E-state index in [1.54, 1.807) is 0 Å². The molecule has 3 heteroatoms. The SMILES string of the molecule is c1ccc(-c2cc(-c3ccc(-c4ccc5ccc6cccc7ccc4c5c67)cc3)nc(-c3ccccc3-c3ccccn3)n2)cc1. The van der Waals surface area contributed by atoms with Crippen molar-refractivity contribution < 1.29 is 0 Å². The maximum atomic E-state index is 5.15. The minimum absolute atomic E-state index is 0.674. The molecule has 9 rings (SSSR count). The van der Waals surface area contributed by atoms with E-state index in [-0.39, 0.29) is 0 Å². The van der Waals surface area contributed by atoms with E-state index in [0.29, 0.717) is 5.82 Å². The van der Waals surface area contributed by atoms with Crippen molar-refractivity contribution in [2.24, 2.45) is 0 Å². The van der Waals surface area contributed by atoms with Gasteiger partial charge in [0, 0.05) is 28.5 Å². The summed E-state index contributed by atoms with van der Waals surface area (Å²) in [4.78, 5) is 14.9. The zero-order valence-corrected chi connectivity index (χ0v) is 24.9. The summed E-state index contributed by atoms with van der Waals surface area (Å²) in [6.07, 6.45) is 1.82. The summed E-state index contributed by atoms with van der Waals surface area (Å²) in [5.41, 5.74) is 9.11. The zero-order chi connectivity index (χ0) is 30.5. The van der Waals surface area contributed by atoms with Crippen molar-refractivity contribution >= 4 is 32.3 Å². The van der Waals surface area contributed by atoms with E-state index >= 15 is 0 Å². The summed E-state index contributed by atoms with van der Waals surface area (Å²) in [7, 11) is 0. The van der Waals surface area contributed by atoms with Crippen LogP contribution >= 0.6 is 0 Å². The molecule has 0 saturated carbocycles. The first-order valence-corrected chi connectivity index (χ1v) is 15.5. The van der Waals surface area contributed by atoms with Gasteiger partial charge in [-0.05, 0) is 61.6 Å². The molecule has 9 aromatic rings. The Kier molecular flexibility index (Phi) is 6.14. The fourth-order valence-electron chi connectivity index (χ4n) is 6.70. The molecule has 0 N–H and O–H groups in total. The van der Waals surface area contributed by atoms with Crippen LogP contribution in [0, 0.1) is 0 Å². The standard InChI is InChI=1S/C43H27N3/c1-2-9-29(10-3-1)39-27-40(46-43(45-39)37-14-5-4-13-35(37)38-15-6-7-26-44-38)30-18-16-28(17-19-30)34-24-22-33-21-20-31-11-8-12-32-23-25-36(34)42(33)41(31)32/h1-27H. The highest BCUT2D eigenvalue weighted by Gasteiger charge is 2.16. The van der Waals surface area contributed by atoms with E-state index in [2.05, 4.69) is 114 Å². The molecule has 0 saturated heterocycles. The van der Waals surface area contributed by atoms with Crippen LogP contribution in [0.4, 0.5) is 0 Å². The van der Waals surface area contributed by atoms with E-state index in [1.165, 1.54) is 43.4 Å². The van der Waals surface area contributed by atoms with E-state index in [0.717, 1.165) is 39.3 Å². The lowest BCUT2D eigenvalue weighted by Crippen LogP contribution is -1.98. The first-order valence-electron chi connectivity index (χ1n) is 15.5. The fourth-order valence-corrected chi connectivity index (χ4v) is 6.70. The predicted molar refractivity (Wildman–Crippen MR) is 191 cm³/mol. The quantitative estimate of drug-likeness (QED) is 0.189. The van der Waals surface area contributed by atoms with Gasteiger partial charge in [0.1, 0.15) is 0 Å². The van der Waals surface area contributed by atoms with Gasteiger partial charge in [0.05, 0.1) is 17.1 Å². The maximum Gasteiger partial charge on any atom is 0.161 e. The molecule has 0 bridgehead atoms. The van der Waals surface area contributed by atoms with Crippen LogP contribution in [0.5, 0.6) is 0 Å². The molecule has 214 valence electrons. The smallest absolute Gasteiger partial charge is 0.161 e. The highest BCUT2D eigenvalue weighted by atomic mass is 14.9. The zero-order valence-electron chi connectivity index (χ0n) is 24.9. The molecular formula is C43H27N3. The normalized spacial score (nSPS) is 11.5. The largest absolute Gasteiger partial charge is 0.256 e. The molecule has 7 aromatic carbocycles. The summed E-state index contributed by atoms with van der Waals surface area (Å²) in [6.45, 7) is 0. The molecule has 0 atom stereocenters. The molecule has 0 aliphatic rings. The number of hydrogen-bond acceptors (Lipinski definition) is 3. The number of aromatic nitrogens is 3. The highest BCUT2D eigenvalue weighted by molar-refractivity contribution is 6.25. The van der Waals surface area contributed by atoms with Gasteiger partial charge in [-0.25, -0.2) is 9.97 Å². The minimum Gasteiger partial charge on any atom is -0.256 e. The second-order valence-electron chi connectivity index (χ2n) is 11.6. The number of pyridine rings is 1. The monoisotopic (exact) mass is 585 g/mol. The second kappa shape index (κ2) is 10.8. The average molecular weight is 586 g/mol. The van der Waals surface area contributed by atoms with Crippen LogP contribution < -0.4 is 0 Å². The first kappa shape index (κ1) is 26.2. The van der Waals surface area contributed by atoms with Crippen molar-refractivity contribution in [3.05, 3.63) is 164 Å². The molecule has 2 aromatic heterocycles. The number of nitrogens with zero attached hydrogens (tertiary/aromatic N) is 3. The molecule has 0 aliphatic heterocycles. The minimum atomic E-state index is 0.674. The van der Waals surface area contributed by atoms with E-state index in [1.807, 2.05) is 54.7 Å². The number of hydrogen-bond donors (Lipinski definition) is 0. The van der Waals surface area contributed by atoms with Crippen LogP contribution in [-0.2, 0) is 0 Å². The molecule has 46 heavy (non-hydrogen) atoms. The van der Waals surface area contributed by atoms with E-state index in [4.69, 9.17) is 9.97 Å². The molecule has 0 aliphatic carbocycles. The number of rotatable bonds is 5. The Morgan fingerprint density at radius 1 is 0.348 bits per heavy atom. The molecule has 0 amide bonds. The van der Waals surface area contributed by atoms with Gasteiger partial charge < -0.3 is 0 Å². The molecule has 0 spiro atoms. The summed E-state index contributed by atoms with van der Waals surface area (Å²) in [5, 5.41) is 7.77. The van der Waals surface area contributed by atoms with Crippen LogP contribution in [0.25, 0.3) is 88.6 Å². The third kappa shape index (κ3) is 4.41. The molecule has 2 heterocycles. The van der Waals surface area contributed by atoms with Gasteiger partial charge in [-0.1, -0.05) is 140 Å². The lowest BCUT2D eigenvalue weighted by atomic mass is 9.89. The van der Waals surface area contributed by atoms with Gasteiger partial charge in [0.2, 0.25) is 0 Å². The molecule has 0 fully saturated rings. The highest BCUT2D eigenvalue weighted by Crippen LogP contribution is 2.40. The Morgan fingerprint density at radius 3 is 1.70 bits per heavy atom. The molecule has 3 nitrogen and oxygen atoms in total. The summed E-state index contributed by atoms with van der Waals surface area (Å²) in [5.74, 6) is 0.674. The summed E-state index contributed by atoms with van der Waals surface area (Å²) < 4.78 is 0. The molecular weight excluding hydrogens is 558 g/mol. The average Bonchev–Trinajstić information content (AvgIpc) is 3.14. The molecule has 0 unspecified atom stereocenters. The lowest BCUT2D eigenvalue weighted by molar-refractivity contribution is 1.18. The van der Waals surface area contributed by atoms with Crippen LogP contribution in [-0.4, -0.2) is 15.0 Å². The third-order valence-electron chi connectivity index (χ3n) is 8.92. The summed E-state index contributed by atoms with van der Waals surface area (Å²) >= 11 is 0. The van der Waals surface area contributed by atoms with Gasteiger partial charge in [0.15, 0.2) is 5.82 Å². The van der Waals surface area contributed by atoms with Crippen molar-refractivity contribution in [1.82, 2.24) is 15.0 Å². The Hall–Kier alpha value is -6.19. The Bertz CT molecular complexity index is 2490. The van der Waals surface area contributed by atoms with Crippen LogP contribution in [0.2, 0.25) is 0 Å². The van der Waals surface area contributed by atoms with Crippen LogP contribution in [0.1, 0.15) is 0 Å². The fraction of sp³-hybridized carbons (Fsp3) is 0. The Balaban J connectivity index is 1.18. The second-order valence-corrected chi connectivity index (χ2v) is 11.6. The first-order chi connectivity index (χ1) is 22.8. The van der Waals surface area contributed by atoms with Crippen molar-refractivity contribution in [3.8, 4) is 56.3 Å². The van der Waals surface area contributed by atoms with Crippen molar-refractivity contribution in [1.29, 1.82) is 0 Å². The van der Waals surface area contributed by atoms with Crippen molar-refractivity contribution in [2.75, 3.05) is 0 Å². The van der Waals surface area contributed by atoms with Gasteiger partial charge in [-0.3, -0.25) is 4.98 Å². The lowest BCUT2D eigenvalue weighted by Gasteiger charge is -2.15. The Labute approximate surface area is 266 Å². The van der Waals surface area contributed by atoms with Crippen molar-refractivity contribution in [2.45, 2.75) is 0 Å². The van der Waals surface area contributed by atoms with Gasteiger partial charge in [-0.2, -0.15) is 0 Å². The van der Waals surface area contributed by atoms with Gasteiger partial charge >= 0.3 is 0 Å². The predicted octanol–water partition coefficient (Wildman–Crippen LogP) is 11.1. The molecule has 0 radical (unpaired) electrons. The van der Waals surface area contributed by atoms with E-state index in [9.17, 15) is 0 Å². The topological polar surface area (TPSA) is 38.7 Å².